The Morgan fingerprint density at radius 2 is 2.12 bits per heavy atom. The number of hydrogen-bond donors (Lipinski definition) is 3. The van der Waals surface area contributed by atoms with Gasteiger partial charge in [-0.15, -0.1) is 11.3 Å². The number of carbonyl (C=O) groups excluding carboxylic acids is 2. The topological polar surface area (TPSA) is 74.0 Å². The van der Waals surface area contributed by atoms with Crippen molar-refractivity contribution in [3.05, 3.63) is 46.4 Å². The minimum atomic E-state index is -0.366. The van der Waals surface area contributed by atoms with E-state index in [2.05, 4.69) is 15.8 Å². The second-order valence-electron chi connectivity index (χ2n) is 3.34. The minimum absolute atomic E-state index is 0.243. The van der Waals surface area contributed by atoms with E-state index >= 15 is 0 Å². The number of hydrogen-bond acceptors (Lipinski definition) is 3. The number of aromatic nitrogens is 1. The van der Waals surface area contributed by atoms with E-state index in [4.69, 9.17) is 0 Å². The van der Waals surface area contributed by atoms with E-state index in [-0.39, 0.29) is 18.2 Å². The Hall–Kier alpha value is -2.08. The molecular weight excluding hydrogens is 238 g/mol. The molecule has 0 bridgehead atoms. The van der Waals surface area contributed by atoms with Crippen molar-refractivity contribution in [2.75, 3.05) is 0 Å². The molecular formula is C11H11N3O2S. The molecule has 5 nitrogen and oxygen atoms in total. The zero-order valence-corrected chi connectivity index (χ0v) is 9.71. The summed E-state index contributed by atoms with van der Waals surface area (Å²) in [5.74, 6) is -0.609. The highest BCUT2D eigenvalue weighted by molar-refractivity contribution is 7.10. The number of thiophene rings is 1. The summed E-state index contributed by atoms with van der Waals surface area (Å²) in [7, 11) is 0. The maximum atomic E-state index is 11.5. The SMILES string of the molecule is O=C(Cc1cccs1)NNC(=O)c1ccc[nH]1. The van der Waals surface area contributed by atoms with E-state index in [1.54, 1.807) is 18.3 Å². The number of H-pyrrole nitrogens is 1. The molecule has 3 N–H and O–H groups in total. The van der Waals surface area contributed by atoms with Crippen LogP contribution in [0.5, 0.6) is 0 Å². The molecule has 0 aliphatic heterocycles. The number of rotatable bonds is 3. The van der Waals surface area contributed by atoms with Gasteiger partial charge in [0.15, 0.2) is 0 Å². The van der Waals surface area contributed by atoms with Gasteiger partial charge in [-0.1, -0.05) is 6.07 Å². The Morgan fingerprint density at radius 1 is 1.24 bits per heavy atom. The fourth-order valence-corrected chi connectivity index (χ4v) is 1.98. The number of hydrazine groups is 1. The first kappa shape index (κ1) is 11.4. The Labute approximate surface area is 102 Å². The summed E-state index contributed by atoms with van der Waals surface area (Å²) in [6, 6.07) is 7.09. The Kier molecular flexibility index (Phi) is 3.56. The first-order valence-corrected chi connectivity index (χ1v) is 5.88. The molecule has 0 aliphatic rings. The van der Waals surface area contributed by atoms with E-state index in [0.29, 0.717) is 5.69 Å². The molecule has 0 unspecified atom stereocenters. The van der Waals surface area contributed by atoms with Gasteiger partial charge in [0.25, 0.3) is 5.91 Å². The third-order valence-corrected chi connectivity index (χ3v) is 2.95. The van der Waals surface area contributed by atoms with Crippen LogP contribution in [0.4, 0.5) is 0 Å². The smallest absolute Gasteiger partial charge is 0.286 e. The number of carbonyl (C=O) groups is 2. The molecule has 88 valence electrons. The molecule has 0 radical (unpaired) electrons. The summed E-state index contributed by atoms with van der Waals surface area (Å²) >= 11 is 1.50. The van der Waals surface area contributed by atoms with Crippen molar-refractivity contribution in [1.82, 2.24) is 15.8 Å². The van der Waals surface area contributed by atoms with Crippen LogP contribution in [-0.2, 0) is 11.2 Å². The molecule has 2 heterocycles. The second kappa shape index (κ2) is 5.31. The van der Waals surface area contributed by atoms with Gasteiger partial charge in [0.2, 0.25) is 5.91 Å². The molecule has 0 saturated carbocycles. The van der Waals surface area contributed by atoms with Crippen LogP contribution in [0.15, 0.2) is 35.8 Å². The maximum absolute atomic E-state index is 11.5. The zero-order chi connectivity index (χ0) is 12.1. The van der Waals surface area contributed by atoms with Crippen molar-refractivity contribution in [2.45, 2.75) is 6.42 Å². The quantitative estimate of drug-likeness (QED) is 0.712. The predicted octanol–water partition coefficient (Wildman–Crippen LogP) is 1.08. The molecule has 0 aliphatic carbocycles. The monoisotopic (exact) mass is 249 g/mol. The maximum Gasteiger partial charge on any atom is 0.286 e. The van der Waals surface area contributed by atoms with Crippen LogP contribution in [0, 0.1) is 0 Å². The Balaban J connectivity index is 1.79. The molecule has 0 fully saturated rings. The van der Waals surface area contributed by atoms with E-state index in [1.807, 2.05) is 17.5 Å². The molecule has 2 aromatic rings. The molecule has 0 aromatic carbocycles. The Morgan fingerprint density at radius 3 is 2.76 bits per heavy atom. The summed E-state index contributed by atoms with van der Waals surface area (Å²) < 4.78 is 0. The summed E-state index contributed by atoms with van der Waals surface area (Å²) in [6.45, 7) is 0. The van der Waals surface area contributed by atoms with Crippen LogP contribution in [-0.4, -0.2) is 16.8 Å². The van der Waals surface area contributed by atoms with Crippen molar-refractivity contribution < 1.29 is 9.59 Å². The van der Waals surface area contributed by atoms with Gasteiger partial charge >= 0.3 is 0 Å². The molecule has 2 aromatic heterocycles. The van der Waals surface area contributed by atoms with Crippen LogP contribution in [0.3, 0.4) is 0 Å². The largest absolute Gasteiger partial charge is 0.357 e. The molecule has 0 atom stereocenters. The third-order valence-electron chi connectivity index (χ3n) is 2.07. The molecule has 2 rings (SSSR count). The molecule has 0 saturated heterocycles. The van der Waals surface area contributed by atoms with Crippen molar-refractivity contribution in [3.63, 3.8) is 0 Å². The van der Waals surface area contributed by atoms with Crippen molar-refractivity contribution in [3.8, 4) is 0 Å². The first-order valence-electron chi connectivity index (χ1n) is 5.00. The van der Waals surface area contributed by atoms with Crippen molar-refractivity contribution >= 4 is 23.2 Å². The number of aromatic amines is 1. The summed E-state index contributed by atoms with van der Waals surface area (Å²) in [4.78, 5) is 26.6. The highest BCUT2D eigenvalue weighted by Gasteiger charge is 2.08. The van der Waals surface area contributed by atoms with E-state index in [1.165, 1.54) is 11.3 Å². The van der Waals surface area contributed by atoms with E-state index in [0.717, 1.165) is 4.88 Å². The van der Waals surface area contributed by atoms with Crippen LogP contribution in [0.2, 0.25) is 0 Å². The summed E-state index contributed by atoms with van der Waals surface area (Å²) in [6.07, 6.45) is 1.91. The lowest BCUT2D eigenvalue weighted by Gasteiger charge is -2.05. The zero-order valence-electron chi connectivity index (χ0n) is 8.90. The van der Waals surface area contributed by atoms with Gasteiger partial charge in [0.05, 0.1) is 6.42 Å². The highest BCUT2D eigenvalue weighted by Crippen LogP contribution is 2.08. The predicted molar refractivity (Wildman–Crippen MR) is 64.4 cm³/mol. The van der Waals surface area contributed by atoms with Crippen LogP contribution in [0.1, 0.15) is 15.4 Å². The van der Waals surface area contributed by atoms with Gasteiger partial charge in [-0.25, -0.2) is 0 Å². The highest BCUT2D eigenvalue weighted by atomic mass is 32.1. The van der Waals surface area contributed by atoms with Crippen molar-refractivity contribution in [1.29, 1.82) is 0 Å². The summed E-state index contributed by atoms with van der Waals surface area (Å²) in [5.41, 5.74) is 5.09. The molecule has 6 heteroatoms. The molecule has 0 spiro atoms. The summed E-state index contributed by atoms with van der Waals surface area (Å²) in [5, 5.41) is 1.90. The second-order valence-corrected chi connectivity index (χ2v) is 4.37. The van der Waals surface area contributed by atoms with Crippen LogP contribution >= 0.6 is 11.3 Å². The van der Waals surface area contributed by atoms with Gasteiger partial charge in [-0.2, -0.15) is 0 Å². The van der Waals surface area contributed by atoms with E-state index < -0.39 is 0 Å². The average molecular weight is 249 g/mol. The number of amides is 2. The number of nitrogens with one attached hydrogen (secondary N) is 3. The van der Waals surface area contributed by atoms with Gasteiger partial charge in [-0.05, 0) is 23.6 Å². The van der Waals surface area contributed by atoms with Gasteiger partial charge in [0.1, 0.15) is 5.69 Å². The van der Waals surface area contributed by atoms with Crippen molar-refractivity contribution in [2.24, 2.45) is 0 Å². The lowest BCUT2D eigenvalue weighted by Crippen LogP contribution is -2.42. The lowest BCUT2D eigenvalue weighted by atomic mass is 10.3. The van der Waals surface area contributed by atoms with Gasteiger partial charge < -0.3 is 4.98 Å². The van der Waals surface area contributed by atoms with Crippen LogP contribution in [0.25, 0.3) is 0 Å². The minimum Gasteiger partial charge on any atom is -0.357 e. The van der Waals surface area contributed by atoms with Gasteiger partial charge in [-0.3, -0.25) is 20.4 Å². The molecule has 17 heavy (non-hydrogen) atoms. The lowest BCUT2D eigenvalue weighted by molar-refractivity contribution is -0.121. The van der Waals surface area contributed by atoms with Crippen LogP contribution < -0.4 is 10.9 Å². The average Bonchev–Trinajstić information content (AvgIpc) is 2.97. The normalized spacial score (nSPS) is 9.88. The fourth-order valence-electron chi connectivity index (χ4n) is 1.28. The standard InChI is InChI=1S/C11H11N3O2S/c15-10(7-8-3-2-6-17-8)13-14-11(16)9-4-1-5-12-9/h1-6,12H,7H2,(H,13,15)(H,14,16). The fraction of sp³-hybridized carbons (Fsp3) is 0.0909. The Bertz CT molecular complexity index is 491. The van der Waals surface area contributed by atoms with Gasteiger partial charge in [0, 0.05) is 11.1 Å². The molecule has 2 amide bonds. The van der Waals surface area contributed by atoms with E-state index in [9.17, 15) is 9.59 Å². The third kappa shape index (κ3) is 3.18. The first-order chi connectivity index (χ1) is 8.25.